The van der Waals surface area contributed by atoms with Crippen LogP contribution in [0.5, 0.6) is 11.5 Å². The molecule has 10 heteroatoms. The first-order valence-electron chi connectivity index (χ1n) is 13.1. The zero-order valence-corrected chi connectivity index (χ0v) is 21.2. The zero-order valence-electron chi connectivity index (χ0n) is 21.2. The van der Waals surface area contributed by atoms with Gasteiger partial charge in [-0.15, -0.1) is 13.2 Å². The van der Waals surface area contributed by atoms with Crippen LogP contribution in [0.4, 0.5) is 30.7 Å². The highest BCUT2D eigenvalue weighted by molar-refractivity contribution is 5.35. The number of hydrogen-bond donors (Lipinski definition) is 1. The maximum Gasteiger partial charge on any atom is 0.573 e. The summed E-state index contributed by atoms with van der Waals surface area (Å²) in [5.74, 6) is -3.33. The van der Waals surface area contributed by atoms with Gasteiger partial charge in [0.25, 0.3) is 0 Å². The van der Waals surface area contributed by atoms with E-state index in [-0.39, 0.29) is 12.5 Å². The minimum atomic E-state index is -5.16. The summed E-state index contributed by atoms with van der Waals surface area (Å²) in [5, 5.41) is 9.28. The highest BCUT2D eigenvalue weighted by atomic mass is 19.4. The summed E-state index contributed by atoms with van der Waals surface area (Å²) in [7, 11) is 0. The van der Waals surface area contributed by atoms with Crippen LogP contribution in [0, 0.1) is 29.4 Å². The van der Waals surface area contributed by atoms with Gasteiger partial charge in [0, 0.05) is 12.7 Å². The van der Waals surface area contributed by atoms with Gasteiger partial charge in [-0.3, -0.25) is 0 Å². The molecule has 2 aromatic carbocycles. The summed E-state index contributed by atoms with van der Waals surface area (Å²) in [5.41, 5.74) is -0.452. The van der Waals surface area contributed by atoms with Gasteiger partial charge in [-0.2, -0.15) is 8.78 Å². The fourth-order valence-corrected chi connectivity index (χ4v) is 5.50. The largest absolute Gasteiger partial charge is 0.573 e. The van der Waals surface area contributed by atoms with Crippen LogP contribution in [-0.4, -0.2) is 18.1 Å². The van der Waals surface area contributed by atoms with E-state index in [0.29, 0.717) is 41.5 Å². The molecule has 1 N–H and O–H groups in total. The number of alkyl halides is 5. The number of aliphatic hydroxyl groups is 1. The Morgan fingerprint density at radius 1 is 0.744 bits per heavy atom. The first-order chi connectivity index (χ1) is 18.4. The van der Waals surface area contributed by atoms with E-state index in [1.54, 1.807) is 0 Å². The molecule has 2 fully saturated rings. The predicted molar refractivity (Wildman–Crippen MR) is 130 cm³/mol. The monoisotopic (exact) mass is 560 g/mol. The van der Waals surface area contributed by atoms with Crippen molar-refractivity contribution >= 4 is 0 Å². The fourth-order valence-electron chi connectivity index (χ4n) is 5.50. The van der Waals surface area contributed by atoms with Crippen molar-refractivity contribution in [1.82, 2.24) is 0 Å². The first-order valence-corrected chi connectivity index (χ1v) is 13.1. The van der Waals surface area contributed by atoms with Crippen LogP contribution in [-0.2, 0) is 6.11 Å². The molecular weight excluding hydrogens is 529 g/mol. The van der Waals surface area contributed by atoms with Crippen LogP contribution in [0.2, 0.25) is 0 Å². The molecule has 39 heavy (non-hydrogen) atoms. The molecule has 2 aliphatic rings. The number of aliphatic hydroxyl groups excluding tert-OH is 1. The van der Waals surface area contributed by atoms with Crippen LogP contribution < -0.4 is 9.47 Å². The summed E-state index contributed by atoms with van der Waals surface area (Å²) in [6.45, 7) is 0.255. The lowest BCUT2D eigenvalue weighted by Gasteiger charge is -2.29. The quantitative estimate of drug-likeness (QED) is 0.260. The number of benzene rings is 2. The van der Waals surface area contributed by atoms with Crippen molar-refractivity contribution in [3.05, 3.63) is 71.3 Å². The van der Waals surface area contributed by atoms with Crippen LogP contribution >= 0.6 is 0 Å². The minimum absolute atomic E-state index is 0.0306. The van der Waals surface area contributed by atoms with Gasteiger partial charge in [0.15, 0.2) is 11.6 Å². The summed E-state index contributed by atoms with van der Waals surface area (Å²) < 4.78 is 103. The van der Waals surface area contributed by atoms with E-state index in [4.69, 9.17) is 0 Å². The van der Waals surface area contributed by atoms with Crippen LogP contribution in [0.1, 0.15) is 68.4 Å². The Kier molecular flexibility index (Phi) is 9.14. The Morgan fingerprint density at radius 3 is 1.90 bits per heavy atom. The van der Waals surface area contributed by atoms with Gasteiger partial charge in [0.05, 0.1) is 5.56 Å². The molecule has 3 nitrogen and oxygen atoms in total. The average molecular weight is 561 g/mol. The summed E-state index contributed by atoms with van der Waals surface area (Å²) in [6.07, 6.45) is 2.89. The van der Waals surface area contributed by atoms with E-state index >= 15 is 0 Å². The first kappa shape index (κ1) is 29.2. The number of allylic oxidation sites excluding steroid dienone is 2. The van der Waals surface area contributed by atoms with Gasteiger partial charge >= 0.3 is 12.5 Å². The van der Waals surface area contributed by atoms with E-state index in [2.05, 4.69) is 21.6 Å². The van der Waals surface area contributed by atoms with E-state index in [9.17, 15) is 35.8 Å². The molecule has 2 aliphatic carbocycles. The Balaban J connectivity index is 1.33. The molecule has 0 unspecified atom stereocenters. The van der Waals surface area contributed by atoms with Crippen molar-refractivity contribution in [1.29, 1.82) is 0 Å². The molecular formula is C29H31F7O3. The third-order valence-electron chi connectivity index (χ3n) is 7.73. The number of hydrogen-bond acceptors (Lipinski definition) is 3. The van der Waals surface area contributed by atoms with Crippen molar-refractivity contribution in [2.75, 3.05) is 6.61 Å². The molecule has 0 spiro atoms. The Bertz CT molecular complexity index is 1130. The Labute approximate surface area is 222 Å². The van der Waals surface area contributed by atoms with Gasteiger partial charge in [0.1, 0.15) is 11.6 Å². The number of halogens is 7. The molecule has 0 radical (unpaired) electrons. The third-order valence-corrected chi connectivity index (χ3v) is 7.73. The highest BCUT2D eigenvalue weighted by Gasteiger charge is 2.39. The normalized spacial score (nSPS) is 24.6. The molecule has 214 valence electrons. The van der Waals surface area contributed by atoms with Crippen LogP contribution in [0.3, 0.4) is 0 Å². The molecule has 0 atom stereocenters. The predicted octanol–water partition coefficient (Wildman–Crippen LogP) is 8.62. The molecule has 0 aliphatic heterocycles. The van der Waals surface area contributed by atoms with Gasteiger partial charge in [-0.05, 0) is 105 Å². The van der Waals surface area contributed by atoms with Crippen molar-refractivity contribution in [2.24, 2.45) is 17.8 Å². The van der Waals surface area contributed by atoms with Gasteiger partial charge in [0.2, 0.25) is 0 Å². The van der Waals surface area contributed by atoms with Crippen molar-refractivity contribution in [2.45, 2.75) is 69.8 Å². The molecule has 0 bridgehead atoms. The van der Waals surface area contributed by atoms with E-state index in [1.807, 2.05) is 0 Å². The summed E-state index contributed by atoms with van der Waals surface area (Å²) in [6, 6.07) is 4.91. The van der Waals surface area contributed by atoms with Crippen molar-refractivity contribution in [3.8, 4) is 11.5 Å². The lowest BCUT2D eigenvalue weighted by atomic mass is 9.77. The zero-order chi connectivity index (χ0) is 28.2. The maximum atomic E-state index is 14.8. The van der Waals surface area contributed by atoms with E-state index in [0.717, 1.165) is 63.5 Å². The lowest BCUT2D eigenvalue weighted by molar-refractivity contribution is -0.275. The van der Waals surface area contributed by atoms with Crippen molar-refractivity contribution in [3.63, 3.8) is 0 Å². The second-order valence-electron chi connectivity index (χ2n) is 10.5. The molecule has 2 aromatic rings. The van der Waals surface area contributed by atoms with E-state index in [1.165, 1.54) is 6.07 Å². The molecule has 0 heterocycles. The highest BCUT2D eigenvalue weighted by Crippen LogP contribution is 2.40. The summed E-state index contributed by atoms with van der Waals surface area (Å²) >= 11 is 0. The fraction of sp³-hybridized carbons (Fsp3) is 0.517. The molecule has 0 saturated heterocycles. The standard InChI is InChI=1S/C29H31F7O3/c30-25-15-22(21-9-7-19(8-10-21)2-1-18-3-5-20(17-37)6-4-18)11-13-24(25)28(32,33)38-23-12-14-27(26(31)16-23)39-29(34,35)36/h1-2,11-16,18-21,37H,3-10,17H2/b2-1+. The van der Waals surface area contributed by atoms with Crippen LogP contribution in [0.15, 0.2) is 48.6 Å². The smallest absolute Gasteiger partial charge is 0.429 e. The second kappa shape index (κ2) is 12.2. The maximum absolute atomic E-state index is 14.8. The van der Waals surface area contributed by atoms with Gasteiger partial charge in [-0.1, -0.05) is 18.2 Å². The number of rotatable bonds is 8. The van der Waals surface area contributed by atoms with Gasteiger partial charge in [-0.25, -0.2) is 8.78 Å². The lowest BCUT2D eigenvalue weighted by Crippen LogP contribution is -2.24. The molecule has 0 aromatic heterocycles. The Morgan fingerprint density at radius 2 is 1.36 bits per heavy atom. The van der Waals surface area contributed by atoms with E-state index < -0.39 is 41.2 Å². The third kappa shape index (κ3) is 7.90. The average Bonchev–Trinajstić information content (AvgIpc) is 2.88. The van der Waals surface area contributed by atoms with Gasteiger partial charge < -0.3 is 14.6 Å². The number of ether oxygens (including phenoxy) is 2. The topological polar surface area (TPSA) is 38.7 Å². The SMILES string of the molecule is OCC1CCC(/C=C/C2CCC(c3ccc(C(F)(F)Oc4ccc(OC(F)(F)F)c(F)c4)c(F)c3)CC2)CC1. The second-order valence-corrected chi connectivity index (χ2v) is 10.5. The Hall–Kier alpha value is -2.75. The molecule has 4 rings (SSSR count). The summed E-state index contributed by atoms with van der Waals surface area (Å²) in [4.78, 5) is 0. The minimum Gasteiger partial charge on any atom is -0.429 e. The molecule has 2 saturated carbocycles. The van der Waals surface area contributed by atoms with Crippen molar-refractivity contribution < 1.29 is 45.3 Å². The molecule has 0 amide bonds. The van der Waals surface area contributed by atoms with Crippen LogP contribution in [0.25, 0.3) is 0 Å².